The van der Waals surface area contributed by atoms with Gasteiger partial charge in [0.1, 0.15) is 0 Å². The van der Waals surface area contributed by atoms with E-state index in [-0.39, 0.29) is 0 Å². The summed E-state index contributed by atoms with van der Waals surface area (Å²) in [5, 5.41) is 2.47. The van der Waals surface area contributed by atoms with Gasteiger partial charge in [-0.15, -0.1) is 0 Å². The predicted octanol–water partition coefficient (Wildman–Crippen LogP) is 4.97. The molecule has 0 saturated heterocycles. The summed E-state index contributed by atoms with van der Waals surface area (Å²) in [5.74, 6) is 0. The smallest absolute Gasteiger partial charge is 0.0636 e. The monoisotopic (exact) mass is 262 g/mol. The number of aromatic nitrogens is 1. The van der Waals surface area contributed by atoms with Crippen LogP contribution in [0.15, 0.2) is 65.9 Å². The number of fused-ring (bicyclic) bond motifs is 1. The third kappa shape index (κ3) is 2.64. The third-order valence-electron chi connectivity index (χ3n) is 3.43. The summed E-state index contributed by atoms with van der Waals surface area (Å²) >= 11 is 0. The Morgan fingerprint density at radius 1 is 1.00 bits per heavy atom. The summed E-state index contributed by atoms with van der Waals surface area (Å²) in [6.45, 7) is 4.34. The van der Waals surface area contributed by atoms with Crippen LogP contribution >= 0.6 is 0 Å². The molecule has 20 heavy (non-hydrogen) atoms. The standard InChI is InChI=1S/C18H18N2/c1-14(2)20-10-9-15(13-20)12-19-18-8-7-16-5-3-4-6-17(16)11-18/h3-14H,1-2H3. The first-order chi connectivity index (χ1) is 9.72. The zero-order valence-electron chi connectivity index (χ0n) is 11.8. The van der Waals surface area contributed by atoms with E-state index in [9.17, 15) is 0 Å². The van der Waals surface area contributed by atoms with Gasteiger partial charge in [-0.25, -0.2) is 0 Å². The molecule has 0 atom stereocenters. The maximum absolute atomic E-state index is 4.56. The van der Waals surface area contributed by atoms with Crippen molar-refractivity contribution >= 4 is 22.7 Å². The van der Waals surface area contributed by atoms with Gasteiger partial charge in [0.05, 0.1) is 5.69 Å². The van der Waals surface area contributed by atoms with Crippen molar-refractivity contribution in [1.82, 2.24) is 4.57 Å². The summed E-state index contributed by atoms with van der Waals surface area (Å²) in [5.41, 5.74) is 2.12. The molecule has 0 bridgehead atoms. The maximum Gasteiger partial charge on any atom is 0.0636 e. The summed E-state index contributed by atoms with van der Waals surface area (Å²) in [7, 11) is 0. The van der Waals surface area contributed by atoms with Gasteiger partial charge in [0.15, 0.2) is 0 Å². The van der Waals surface area contributed by atoms with Crippen LogP contribution in [0.4, 0.5) is 5.69 Å². The molecule has 3 aromatic rings. The largest absolute Gasteiger partial charge is 0.351 e. The van der Waals surface area contributed by atoms with Crippen molar-refractivity contribution < 1.29 is 0 Å². The van der Waals surface area contributed by atoms with Crippen LogP contribution < -0.4 is 0 Å². The fourth-order valence-electron chi connectivity index (χ4n) is 2.23. The van der Waals surface area contributed by atoms with Crippen LogP contribution in [0.3, 0.4) is 0 Å². The summed E-state index contributed by atoms with van der Waals surface area (Å²) in [4.78, 5) is 4.56. The number of hydrogen-bond acceptors (Lipinski definition) is 1. The molecule has 100 valence electrons. The molecule has 0 radical (unpaired) electrons. The normalized spacial score (nSPS) is 11.8. The molecule has 3 rings (SSSR count). The van der Waals surface area contributed by atoms with Crippen LogP contribution in [-0.4, -0.2) is 10.8 Å². The van der Waals surface area contributed by atoms with Crippen LogP contribution in [-0.2, 0) is 0 Å². The van der Waals surface area contributed by atoms with Crippen molar-refractivity contribution in [2.75, 3.05) is 0 Å². The van der Waals surface area contributed by atoms with E-state index >= 15 is 0 Å². The van der Waals surface area contributed by atoms with Gasteiger partial charge < -0.3 is 4.57 Å². The fraction of sp³-hybridized carbons (Fsp3) is 0.167. The van der Waals surface area contributed by atoms with Crippen molar-refractivity contribution in [3.8, 4) is 0 Å². The highest BCUT2D eigenvalue weighted by molar-refractivity contribution is 5.87. The van der Waals surface area contributed by atoms with E-state index in [1.807, 2.05) is 6.21 Å². The molecular weight excluding hydrogens is 244 g/mol. The Morgan fingerprint density at radius 2 is 1.80 bits per heavy atom. The lowest BCUT2D eigenvalue weighted by molar-refractivity contribution is 0.603. The molecule has 1 heterocycles. The second-order valence-electron chi connectivity index (χ2n) is 5.28. The van der Waals surface area contributed by atoms with E-state index in [0.717, 1.165) is 11.3 Å². The minimum absolute atomic E-state index is 0.484. The maximum atomic E-state index is 4.56. The van der Waals surface area contributed by atoms with Crippen molar-refractivity contribution in [3.05, 3.63) is 66.5 Å². The number of rotatable bonds is 3. The minimum Gasteiger partial charge on any atom is -0.351 e. The molecule has 2 nitrogen and oxygen atoms in total. The average Bonchev–Trinajstić information content (AvgIpc) is 2.94. The Balaban J connectivity index is 1.86. The van der Waals surface area contributed by atoms with E-state index in [0.29, 0.717) is 6.04 Å². The van der Waals surface area contributed by atoms with Crippen molar-refractivity contribution in [2.45, 2.75) is 19.9 Å². The lowest BCUT2D eigenvalue weighted by atomic mass is 10.1. The SMILES string of the molecule is CC(C)n1ccc(C=Nc2ccc3ccccc3c2)c1. The molecule has 0 aliphatic carbocycles. The molecular formula is C18H18N2. The number of aliphatic imine (C=N–C) groups is 1. The minimum atomic E-state index is 0.484. The lowest BCUT2D eigenvalue weighted by Gasteiger charge is -2.04. The second-order valence-corrected chi connectivity index (χ2v) is 5.28. The van der Waals surface area contributed by atoms with Crippen LogP contribution in [0.2, 0.25) is 0 Å². The number of benzene rings is 2. The highest BCUT2D eigenvalue weighted by Crippen LogP contribution is 2.21. The Hall–Kier alpha value is -2.35. The van der Waals surface area contributed by atoms with Crippen molar-refractivity contribution in [3.63, 3.8) is 0 Å². The quantitative estimate of drug-likeness (QED) is 0.593. The zero-order valence-corrected chi connectivity index (χ0v) is 11.8. The van der Waals surface area contributed by atoms with Crippen LogP contribution in [0.5, 0.6) is 0 Å². The molecule has 0 aliphatic heterocycles. The highest BCUT2D eigenvalue weighted by atomic mass is 15.0. The van der Waals surface area contributed by atoms with E-state index in [4.69, 9.17) is 0 Å². The summed E-state index contributed by atoms with van der Waals surface area (Å²) in [6, 6.07) is 17.2. The van der Waals surface area contributed by atoms with Crippen LogP contribution in [0.25, 0.3) is 10.8 Å². The molecule has 0 unspecified atom stereocenters. The van der Waals surface area contributed by atoms with Gasteiger partial charge in [0, 0.05) is 30.2 Å². The van der Waals surface area contributed by atoms with Crippen molar-refractivity contribution in [1.29, 1.82) is 0 Å². The van der Waals surface area contributed by atoms with Crippen LogP contribution in [0.1, 0.15) is 25.5 Å². The molecule has 0 aliphatic rings. The summed E-state index contributed by atoms with van der Waals surface area (Å²) < 4.78 is 2.18. The lowest BCUT2D eigenvalue weighted by Crippen LogP contribution is -1.95. The second kappa shape index (κ2) is 5.33. The molecule has 0 fully saturated rings. The van der Waals surface area contributed by atoms with Gasteiger partial charge in [-0.1, -0.05) is 30.3 Å². The van der Waals surface area contributed by atoms with Gasteiger partial charge in [-0.3, -0.25) is 4.99 Å². The van der Waals surface area contributed by atoms with E-state index in [2.05, 4.69) is 84.3 Å². The molecule has 2 aromatic carbocycles. The molecule has 0 saturated carbocycles. The first kappa shape index (κ1) is 12.7. The number of nitrogens with zero attached hydrogens (tertiary/aromatic N) is 2. The van der Waals surface area contributed by atoms with E-state index in [1.54, 1.807) is 0 Å². The first-order valence-electron chi connectivity index (χ1n) is 6.93. The van der Waals surface area contributed by atoms with Gasteiger partial charge in [-0.05, 0) is 42.8 Å². The molecule has 0 spiro atoms. The third-order valence-corrected chi connectivity index (χ3v) is 3.43. The predicted molar refractivity (Wildman–Crippen MR) is 86.0 cm³/mol. The topological polar surface area (TPSA) is 17.3 Å². The summed E-state index contributed by atoms with van der Waals surface area (Å²) in [6.07, 6.45) is 6.13. The number of hydrogen-bond donors (Lipinski definition) is 0. The van der Waals surface area contributed by atoms with Gasteiger partial charge in [0.25, 0.3) is 0 Å². The average molecular weight is 262 g/mol. The van der Waals surface area contributed by atoms with E-state index in [1.165, 1.54) is 10.8 Å². The Morgan fingerprint density at radius 3 is 2.55 bits per heavy atom. The van der Waals surface area contributed by atoms with Crippen LogP contribution in [0, 0.1) is 0 Å². The van der Waals surface area contributed by atoms with Gasteiger partial charge >= 0.3 is 0 Å². The Bertz CT molecular complexity index is 751. The fourth-order valence-corrected chi connectivity index (χ4v) is 2.23. The Kier molecular flexibility index (Phi) is 3.38. The molecule has 2 heteroatoms. The molecule has 0 amide bonds. The zero-order chi connectivity index (χ0) is 13.9. The Labute approximate surface area is 119 Å². The van der Waals surface area contributed by atoms with Gasteiger partial charge in [-0.2, -0.15) is 0 Å². The first-order valence-corrected chi connectivity index (χ1v) is 6.93. The highest BCUT2D eigenvalue weighted by Gasteiger charge is 1.98. The molecule has 1 aromatic heterocycles. The van der Waals surface area contributed by atoms with Crippen molar-refractivity contribution in [2.24, 2.45) is 4.99 Å². The van der Waals surface area contributed by atoms with E-state index < -0.39 is 0 Å². The van der Waals surface area contributed by atoms with Gasteiger partial charge in [0.2, 0.25) is 0 Å². The molecule has 0 N–H and O–H groups in total.